The molecule has 118 valence electrons. The molecule has 0 amide bonds. The van der Waals surface area contributed by atoms with Crippen molar-refractivity contribution in [1.82, 2.24) is 4.90 Å². The first-order valence-electron chi connectivity index (χ1n) is 7.10. The smallest absolute Gasteiger partial charge is 0.238 e. The van der Waals surface area contributed by atoms with E-state index >= 15 is 0 Å². The highest BCUT2D eigenvalue weighted by atomic mass is 32.2. The summed E-state index contributed by atoms with van der Waals surface area (Å²) in [7, 11) is -3.64. The largest absolute Gasteiger partial charge is 0.492 e. The van der Waals surface area contributed by atoms with Crippen molar-refractivity contribution in [2.45, 2.75) is 24.3 Å². The minimum Gasteiger partial charge on any atom is -0.492 e. The number of rotatable bonds is 6. The molecule has 6 nitrogen and oxygen atoms in total. The molecular weight excluding hydrogens is 290 g/mol. The number of sulfonamides is 1. The summed E-state index contributed by atoms with van der Waals surface area (Å²) in [6.07, 6.45) is 1.14. The molecule has 0 aromatic heterocycles. The van der Waals surface area contributed by atoms with E-state index in [0.717, 1.165) is 26.1 Å². The van der Waals surface area contributed by atoms with E-state index in [0.29, 0.717) is 18.3 Å². The third-order valence-electron chi connectivity index (χ3n) is 3.88. The molecule has 2 atom stereocenters. The Morgan fingerprint density at radius 1 is 1.38 bits per heavy atom. The fourth-order valence-electron chi connectivity index (χ4n) is 2.51. The second-order valence-electron chi connectivity index (χ2n) is 5.57. The van der Waals surface area contributed by atoms with Crippen molar-refractivity contribution in [3.05, 3.63) is 24.3 Å². The quantitative estimate of drug-likeness (QED) is 0.791. The number of benzene rings is 1. The van der Waals surface area contributed by atoms with E-state index in [-0.39, 0.29) is 10.9 Å². The SMILES string of the molecule is CC(N)C1CCN(CCOc2ccc(S(N)(=O)=O)cc2)C1. The van der Waals surface area contributed by atoms with Crippen molar-refractivity contribution in [2.24, 2.45) is 16.8 Å². The van der Waals surface area contributed by atoms with Crippen LogP contribution in [0, 0.1) is 5.92 Å². The molecule has 2 unspecified atom stereocenters. The van der Waals surface area contributed by atoms with Crippen LogP contribution in [0.2, 0.25) is 0 Å². The predicted octanol–water partition coefficient (Wildman–Crippen LogP) is 0.382. The molecule has 21 heavy (non-hydrogen) atoms. The molecule has 1 heterocycles. The molecule has 0 aliphatic carbocycles. The third-order valence-corrected chi connectivity index (χ3v) is 4.81. The number of nitrogens with zero attached hydrogens (tertiary/aromatic N) is 1. The van der Waals surface area contributed by atoms with E-state index in [9.17, 15) is 8.42 Å². The van der Waals surface area contributed by atoms with Crippen molar-refractivity contribution in [1.29, 1.82) is 0 Å². The van der Waals surface area contributed by atoms with Gasteiger partial charge in [0.15, 0.2) is 0 Å². The van der Waals surface area contributed by atoms with Crippen molar-refractivity contribution in [2.75, 3.05) is 26.2 Å². The van der Waals surface area contributed by atoms with Gasteiger partial charge in [-0.2, -0.15) is 0 Å². The Hall–Kier alpha value is -1.15. The lowest BCUT2D eigenvalue weighted by atomic mass is 10.0. The Kier molecular flexibility index (Phi) is 5.21. The predicted molar refractivity (Wildman–Crippen MR) is 81.5 cm³/mol. The zero-order valence-corrected chi connectivity index (χ0v) is 13.1. The van der Waals surface area contributed by atoms with Gasteiger partial charge in [-0.25, -0.2) is 13.6 Å². The normalized spacial score (nSPS) is 21.4. The van der Waals surface area contributed by atoms with Crippen molar-refractivity contribution < 1.29 is 13.2 Å². The highest BCUT2D eigenvalue weighted by Gasteiger charge is 2.24. The van der Waals surface area contributed by atoms with Gasteiger partial charge in [-0.05, 0) is 50.1 Å². The van der Waals surface area contributed by atoms with E-state index < -0.39 is 10.0 Å². The molecule has 2 rings (SSSR count). The fraction of sp³-hybridized carbons (Fsp3) is 0.571. The van der Waals surface area contributed by atoms with Gasteiger partial charge in [0.05, 0.1) is 4.90 Å². The zero-order chi connectivity index (χ0) is 15.5. The standard InChI is InChI=1S/C14H23N3O3S/c1-11(15)12-6-7-17(10-12)8-9-20-13-2-4-14(5-3-13)21(16,18)19/h2-5,11-12H,6-10,15H2,1H3,(H2,16,18,19). The molecule has 0 radical (unpaired) electrons. The maximum atomic E-state index is 11.1. The van der Waals surface area contributed by atoms with Crippen molar-refractivity contribution in [3.63, 3.8) is 0 Å². The Morgan fingerprint density at radius 3 is 2.57 bits per heavy atom. The second-order valence-corrected chi connectivity index (χ2v) is 7.13. The van der Waals surface area contributed by atoms with Crippen LogP contribution in [0.15, 0.2) is 29.2 Å². The molecule has 0 saturated carbocycles. The first-order chi connectivity index (χ1) is 9.86. The topological polar surface area (TPSA) is 98.6 Å². The van der Waals surface area contributed by atoms with Gasteiger partial charge in [0, 0.05) is 19.1 Å². The highest BCUT2D eigenvalue weighted by molar-refractivity contribution is 7.89. The third kappa shape index (κ3) is 4.67. The molecule has 4 N–H and O–H groups in total. The average Bonchev–Trinajstić information content (AvgIpc) is 2.87. The van der Waals surface area contributed by atoms with Crippen molar-refractivity contribution >= 4 is 10.0 Å². The second kappa shape index (κ2) is 6.74. The summed E-state index contributed by atoms with van der Waals surface area (Å²) in [5.74, 6) is 1.21. The molecule has 1 fully saturated rings. The number of likely N-dealkylation sites (tertiary alicyclic amines) is 1. The van der Waals surface area contributed by atoms with E-state index in [1.165, 1.54) is 12.1 Å². The Balaban J connectivity index is 1.77. The maximum Gasteiger partial charge on any atom is 0.238 e. The van der Waals surface area contributed by atoms with Gasteiger partial charge < -0.3 is 10.5 Å². The molecule has 1 aromatic carbocycles. The summed E-state index contributed by atoms with van der Waals surface area (Å²) in [5, 5.41) is 5.04. The lowest BCUT2D eigenvalue weighted by molar-refractivity contribution is 0.230. The van der Waals surface area contributed by atoms with Gasteiger partial charge in [0.1, 0.15) is 12.4 Å². The summed E-state index contributed by atoms with van der Waals surface area (Å²) in [6, 6.07) is 6.38. The minimum absolute atomic E-state index is 0.0918. The molecule has 1 aromatic rings. The van der Waals surface area contributed by atoms with E-state index in [1.807, 2.05) is 0 Å². The molecule has 1 aliphatic rings. The van der Waals surface area contributed by atoms with Crippen LogP contribution >= 0.6 is 0 Å². The van der Waals surface area contributed by atoms with Crippen LogP contribution in [-0.4, -0.2) is 45.6 Å². The monoisotopic (exact) mass is 313 g/mol. The van der Waals surface area contributed by atoms with E-state index in [2.05, 4.69) is 11.8 Å². The molecular formula is C14H23N3O3S. The number of primary sulfonamides is 1. The maximum absolute atomic E-state index is 11.1. The van der Waals surface area contributed by atoms with Crippen LogP contribution in [0.3, 0.4) is 0 Å². The van der Waals surface area contributed by atoms with Gasteiger partial charge in [-0.1, -0.05) is 0 Å². The molecule has 0 bridgehead atoms. The van der Waals surface area contributed by atoms with Crippen LogP contribution in [0.4, 0.5) is 0 Å². The van der Waals surface area contributed by atoms with Gasteiger partial charge in [0.2, 0.25) is 10.0 Å². The van der Waals surface area contributed by atoms with Gasteiger partial charge in [-0.3, -0.25) is 4.90 Å². The lowest BCUT2D eigenvalue weighted by Crippen LogP contribution is -2.31. The Morgan fingerprint density at radius 2 is 2.05 bits per heavy atom. The van der Waals surface area contributed by atoms with Crippen molar-refractivity contribution in [3.8, 4) is 5.75 Å². The van der Waals surface area contributed by atoms with Gasteiger partial charge in [-0.15, -0.1) is 0 Å². The van der Waals surface area contributed by atoms with E-state index in [1.54, 1.807) is 12.1 Å². The summed E-state index contributed by atoms with van der Waals surface area (Å²) < 4.78 is 27.9. The van der Waals surface area contributed by atoms with E-state index in [4.69, 9.17) is 15.6 Å². The number of ether oxygens (including phenoxy) is 1. The lowest BCUT2D eigenvalue weighted by Gasteiger charge is -2.18. The van der Waals surface area contributed by atoms with Crippen LogP contribution in [0.5, 0.6) is 5.75 Å². The molecule has 1 aliphatic heterocycles. The van der Waals surface area contributed by atoms with Gasteiger partial charge >= 0.3 is 0 Å². The summed E-state index contributed by atoms with van der Waals surface area (Å²) in [4.78, 5) is 2.43. The number of hydrogen-bond donors (Lipinski definition) is 2. The summed E-state index contributed by atoms with van der Waals surface area (Å²) in [6.45, 7) is 5.55. The van der Waals surface area contributed by atoms with Crippen LogP contribution in [0.1, 0.15) is 13.3 Å². The molecule has 7 heteroatoms. The van der Waals surface area contributed by atoms with Crippen LogP contribution in [0.25, 0.3) is 0 Å². The number of hydrogen-bond acceptors (Lipinski definition) is 5. The summed E-state index contributed by atoms with van der Waals surface area (Å²) in [5.41, 5.74) is 5.91. The molecule has 1 saturated heterocycles. The summed E-state index contributed by atoms with van der Waals surface area (Å²) >= 11 is 0. The average molecular weight is 313 g/mol. The zero-order valence-electron chi connectivity index (χ0n) is 12.2. The first kappa shape index (κ1) is 16.2. The molecule has 0 spiro atoms. The van der Waals surface area contributed by atoms with Crippen LogP contribution < -0.4 is 15.6 Å². The van der Waals surface area contributed by atoms with Crippen LogP contribution in [-0.2, 0) is 10.0 Å². The fourth-order valence-corrected chi connectivity index (χ4v) is 3.03. The minimum atomic E-state index is -3.64. The Labute approximate surface area is 126 Å². The Bertz CT molecular complexity index is 557. The highest BCUT2D eigenvalue weighted by Crippen LogP contribution is 2.19. The first-order valence-corrected chi connectivity index (χ1v) is 8.64. The number of nitrogens with two attached hydrogens (primary N) is 2. The van der Waals surface area contributed by atoms with Gasteiger partial charge in [0.25, 0.3) is 0 Å².